The van der Waals surface area contributed by atoms with Crippen LogP contribution in [0.1, 0.15) is 18.2 Å². The van der Waals surface area contributed by atoms with Crippen LogP contribution in [0.15, 0.2) is 30.5 Å². The molecular formula is C20H20F2N6O. The van der Waals surface area contributed by atoms with E-state index in [0.717, 1.165) is 29.9 Å². The molecule has 0 radical (unpaired) electrons. The minimum Gasteiger partial charge on any atom is -0.378 e. The number of pyridine rings is 3. The van der Waals surface area contributed by atoms with Crippen LogP contribution in [0.5, 0.6) is 0 Å². The SMILES string of the molecule is Fc1ccc(-c2cc(N3CCOCC3)nc3c(C4CCNN4)nccc23)c(F)n1. The molecule has 1 atom stereocenters. The Morgan fingerprint density at radius 2 is 1.93 bits per heavy atom. The number of morpholine rings is 1. The fourth-order valence-corrected chi connectivity index (χ4v) is 3.89. The lowest BCUT2D eigenvalue weighted by atomic mass is 9.99. The molecule has 5 rings (SSSR count). The number of hydrazine groups is 1. The average Bonchev–Trinajstić information content (AvgIpc) is 3.28. The van der Waals surface area contributed by atoms with Crippen LogP contribution < -0.4 is 15.8 Å². The Morgan fingerprint density at radius 3 is 2.69 bits per heavy atom. The van der Waals surface area contributed by atoms with Crippen LogP contribution in [0.25, 0.3) is 22.0 Å². The topological polar surface area (TPSA) is 75.2 Å². The molecule has 0 saturated carbocycles. The van der Waals surface area contributed by atoms with Crippen LogP contribution in [0.2, 0.25) is 0 Å². The van der Waals surface area contributed by atoms with Crippen molar-refractivity contribution in [3.05, 3.63) is 48.1 Å². The zero-order chi connectivity index (χ0) is 19.8. The van der Waals surface area contributed by atoms with Gasteiger partial charge >= 0.3 is 0 Å². The molecule has 2 aliphatic heterocycles. The first-order chi connectivity index (χ1) is 14.2. The Labute approximate surface area is 166 Å². The number of nitrogens with one attached hydrogen (secondary N) is 2. The van der Waals surface area contributed by atoms with Crippen molar-refractivity contribution in [3.63, 3.8) is 0 Å². The molecule has 2 aliphatic rings. The Balaban J connectivity index is 1.74. The van der Waals surface area contributed by atoms with Gasteiger partial charge in [0.25, 0.3) is 0 Å². The third kappa shape index (κ3) is 3.41. The van der Waals surface area contributed by atoms with E-state index in [0.29, 0.717) is 37.4 Å². The molecule has 0 amide bonds. The lowest BCUT2D eigenvalue weighted by Gasteiger charge is -2.29. The van der Waals surface area contributed by atoms with Crippen LogP contribution >= 0.6 is 0 Å². The molecule has 2 N–H and O–H groups in total. The number of rotatable bonds is 3. The van der Waals surface area contributed by atoms with Gasteiger partial charge < -0.3 is 9.64 Å². The van der Waals surface area contributed by atoms with Crippen LogP contribution in [-0.2, 0) is 4.74 Å². The molecule has 0 aromatic carbocycles. The lowest BCUT2D eigenvalue weighted by Crippen LogP contribution is -2.36. The molecule has 9 heteroatoms. The zero-order valence-corrected chi connectivity index (χ0v) is 15.7. The summed E-state index contributed by atoms with van der Waals surface area (Å²) in [6.07, 6.45) is 2.57. The van der Waals surface area contributed by atoms with Gasteiger partial charge in [0, 0.05) is 36.8 Å². The summed E-state index contributed by atoms with van der Waals surface area (Å²) in [5.74, 6) is -0.967. The number of hydrogen-bond donors (Lipinski definition) is 2. The minimum absolute atomic E-state index is 0.00942. The first-order valence-electron chi connectivity index (χ1n) is 9.64. The van der Waals surface area contributed by atoms with Gasteiger partial charge in [-0.25, -0.2) is 10.4 Å². The number of hydrogen-bond acceptors (Lipinski definition) is 7. The van der Waals surface area contributed by atoms with Crippen LogP contribution in [0, 0.1) is 11.9 Å². The van der Waals surface area contributed by atoms with Crippen molar-refractivity contribution in [1.82, 2.24) is 25.8 Å². The van der Waals surface area contributed by atoms with Crippen molar-refractivity contribution in [2.45, 2.75) is 12.5 Å². The van der Waals surface area contributed by atoms with E-state index in [1.54, 1.807) is 6.20 Å². The highest BCUT2D eigenvalue weighted by Crippen LogP contribution is 2.35. The van der Waals surface area contributed by atoms with Gasteiger partial charge in [0.15, 0.2) is 0 Å². The molecule has 3 aromatic heterocycles. The molecule has 1 unspecified atom stereocenters. The first-order valence-corrected chi connectivity index (χ1v) is 9.64. The Hall–Kier alpha value is -2.75. The molecular weight excluding hydrogens is 378 g/mol. The van der Waals surface area contributed by atoms with Gasteiger partial charge in [0.1, 0.15) is 5.82 Å². The van der Waals surface area contributed by atoms with E-state index in [9.17, 15) is 8.78 Å². The molecule has 29 heavy (non-hydrogen) atoms. The van der Waals surface area contributed by atoms with Crippen LogP contribution in [0.3, 0.4) is 0 Å². The summed E-state index contributed by atoms with van der Waals surface area (Å²) in [6, 6.07) is 6.26. The fraction of sp³-hybridized carbons (Fsp3) is 0.350. The number of nitrogens with zero attached hydrogens (tertiary/aromatic N) is 4. The average molecular weight is 398 g/mol. The highest BCUT2D eigenvalue weighted by Gasteiger charge is 2.24. The van der Waals surface area contributed by atoms with E-state index < -0.39 is 11.9 Å². The molecule has 2 fully saturated rings. The number of anilines is 1. The second-order valence-corrected chi connectivity index (χ2v) is 7.10. The Morgan fingerprint density at radius 1 is 1.07 bits per heavy atom. The highest BCUT2D eigenvalue weighted by molar-refractivity contribution is 5.97. The molecule has 150 valence electrons. The monoisotopic (exact) mass is 398 g/mol. The van der Waals surface area contributed by atoms with E-state index in [4.69, 9.17) is 9.72 Å². The third-order valence-corrected chi connectivity index (χ3v) is 5.35. The van der Waals surface area contributed by atoms with Gasteiger partial charge in [-0.15, -0.1) is 0 Å². The quantitative estimate of drug-likeness (QED) is 0.656. The molecule has 3 aromatic rings. The summed E-state index contributed by atoms with van der Waals surface area (Å²) in [6.45, 7) is 3.43. The van der Waals surface area contributed by atoms with Crippen molar-refractivity contribution >= 4 is 16.7 Å². The van der Waals surface area contributed by atoms with E-state index in [1.165, 1.54) is 12.1 Å². The predicted octanol–water partition coefficient (Wildman–Crippen LogP) is 2.35. The van der Waals surface area contributed by atoms with Gasteiger partial charge in [-0.3, -0.25) is 10.4 Å². The summed E-state index contributed by atoms with van der Waals surface area (Å²) >= 11 is 0. The standard InChI is InChI=1S/C20H20F2N6O/c21-16-2-1-13(20(22)25-16)14-11-17(28-7-9-29-10-8-28)26-18-12(14)3-5-23-19(18)15-4-6-24-27-15/h1-3,5,11,15,24,27H,4,6-10H2. The maximum absolute atomic E-state index is 14.6. The van der Waals surface area contributed by atoms with Gasteiger partial charge in [-0.2, -0.15) is 13.8 Å². The van der Waals surface area contributed by atoms with E-state index >= 15 is 0 Å². The predicted molar refractivity (Wildman–Crippen MR) is 104 cm³/mol. The van der Waals surface area contributed by atoms with Crippen molar-refractivity contribution in [2.75, 3.05) is 37.7 Å². The fourth-order valence-electron chi connectivity index (χ4n) is 3.89. The maximum Gasteiger partial charge on any atom is 0.223 e. The summed E-state index contributed by atoms with van der Waals surface area (Å²) in [5.41, 5.74) is 8.71. The maximum atomic E-state index is 14.6. The molecule has 5 heterocycles. The third-order valence-electron chi connectivity index (χ3n) is 5.35. The molecule has 7 nitrogen and oxygen atoms in total. The lowest BCUT2D eigenvalue weighted by molar-refractivity contribution is 0.122. The largest absolute Gasteiger partial charge is 0.378 e. The molecule has 2 saturated heterocycles. The van der Waals surface area contributed by atoms with Crippen molar-refractivity contribution in [2.24, 2.45) is 0 Å². The van der Waals surface area contributed by atoms with Gasteiger partial charge in [-0.05, 0) is 36.2 Å². The van der Waals surface area contributed by atoms with Crippen LogP contribution in [-0.4, -0.2) is 47.8 Å². The summed E-state index contributed by atoms with van der Waals surface area (Å²) in [4.78, 5) is 15.0. The second kappa shape index (κ2) is 7.58. The summed E-state index contributed by atoms with van der Waals surface area (Å²) < 4.78 is 33.5. The van der Waals surface area contributed by atoms with E-state index in [2.05, 4.69) is 25.7 Å². The molecule has 0 aliphatic carbocycles. The normalized spacial score (nSPS) is 19.8. The number of aromatic nitrogens is 3. The van der Waals surface area contributed by atoms with Crippen molar-refractivity contribution in [3.8, 4) is 11.1 Å². The highest BCUT2D eigenvalue weighted by atomic mass is 19.1. The number of fused-ring (bicyclic) bond motifs is 1. The van der Waals surface area contributed by atoms with Gasteiger partial charge in [-0.1, -0.05) is 0 Å². The van der Waals surface area contributed by atoms with Crippen LogP contribution in [0.4, 0.5) is 14.6 Å². The number of halogens is 2. The summed E-state index contributed by atoms with van der Waals surface area (Å²) in [5, 5.41) is 0.757. The van der Waals surface area contributed by atoms with E-state index in [-0.39, 0.29) is 11.6 Å². The zero-order valence-electron chi connectivity index (χ0n) is 15.7. The smallest absolute Gasteiger partial charge is 0.223 e. The van der Waals surface area contributed by atoms with E-state index in [1.807, 2.05) is 12.1 Å². The summed E-state index contributed by atoms with van der Waals surface area (Å²) in [7, 11) is 0. The Bertz CT molecular complexity index is 1050. The first kappa shape index (κ1) is 18.3. The molecule has 0 bridgehead atoms. The van der Waals surface area contributed by atoms with Crippen molar-refractivity contribution < 1.29 is 13.5 Å². The minimum atomic E-state index is -0.846. The molecule has 0 spiro atoms. The Kier molecular flexibility index (Phi) is 4.78. The second-order valence-electron chi connectivity index (χ2n) is 7.10. The van der Waals surface area contributed by atoms with Gasteiger partial charge in [0.05, 0.1) is 30.5 Å². The van der Waals surface area contributed by atoms with Gasteiger partial charge in [0.2, 0.25) is 11.9 Å². The van der Waals surface area contributed by atoms with Crippen molar-refractivity contribution in [1.29, 1.82) is 0 Å². The number of ether oxygens (including phenoxy) is 1.